The zero-order valence-electron chi connectivity index (χ0n) is 18.8. The number of benzene rings is 3. The molecule has 0 unspecified atom stereocenters. The van der Waals surface area contributed by atoms with Gasteiger partial charge in [-0.05, 0) is 42.0 Å². The molecule has 0 radical (unpaired) electrons. The number of amides is 1. The second-order valence-electron chi connectivity index (χ2n) is 7.57. The highest BCUT2D eigenvalue weighted by molar-refractivity contribution is 7.89. The van der Waals surface area contributed by atoms with Gasteiger partial charge in [-0.2, -0.15) is 4.31 Å². The van der Waals surface area contributed by atoms with Crippen molar-refractivity contribution < 1.29 is 13.2 Å². The van der Waals surface area contributed by atoms with Crippen molar-refractivity contribution in [3.05, 3.63) is 88.9 Å². The number of sulfonamides is 1. The molecule has 3 aromatic carbocycles. The van der Waals surface area contributed by atoms with E-state index in [1.165, 1.54) is 27.8 Å². The van der Waals surface area contributed by atoms with Crippen LogP contribution in [-0.2, 0) is 16.6 Å². The summed E-state index contributed by atoms with van der Waals surface area (Å²) in [5.74, 6) is -0.272. The van der Waals surface area contributed by atoms with E-state index >= 15 is 0 Å². The van der Waals surface area contributed by atoms with E-state index in [0.29, 0.717) is 40.9 Å². The van der Waals surface area contributed by atoms with Gasteiger partial charge in [-0.15, -0.1) is 0 Å². The Bertz CT molecular complexity index is 1400. The Morgan fingerprint density at radius 3 is 2.24 bits per heavy atom. The monoisotopic (exact) mass is 513 g/mol. The predicted molar refractivity (Wildman–Crippen MR) is 138 cm³/mol. The van der Waals surface area contributed by atoms with Crippen molar-refractivity contribution >= 4 is 54.2 Å². The van der Waals surface area contributed by atoms with Gasteiger partial charge in [0.15, 0.2) is 5.13 Å². The molecule has 0 fully saturated rings. The minimum Gasteiger partial charge on any atom is -0.279 e. The molecule has 4 rings (SSSR count). The van der Waals surface area contributed by atoms with Crippen molar-refractivity contribution in [3.8, 4) is 0 Å². The van der Waals surface area contributed by atoms with E-state index in [1.807, 2.05) is 42.5 Å². The van der Waals surface area contributed by atoms with E-state index in [9.17, 15) is 13.2 Å². The number of halogens is 1. The van der Waals surface area contributed by atoms with Gasteiger partial charge in [0.05, 0.1) is 21.2 Å². The Kier molecular flexibility index (Phi) is 7.33. The Hall–Kier alpha value is -2.78. The Labute approximate surface area is 208 Å². The molecule has 9 heteroatoms. The number of carbonyl (C=O) groups excluding carboxylic acids is 1. The van der Waals surface area contributed by atoms with Crippen LogP contribution in [0.25, 0.3) is 10.2 Å². The highest BCUT2D eigenvalue weighted by Crippen LogP contribution is 2.34. The first-order valence-corrected chi connectivity index (χ1v) is 13.5. The third kappa shape index (κ3) is 4.86. The number of aromatic nitrogens is 1. The molecule has 0 aliphatic rings. The van der Waals surface area contributed by atoms with E-state index in [4.69, 9.17) is 11.6 Å². The molecule has 0 saturated carbocycles. The van der Waals surface area contributed by atoms with Gasteiger partial charge >= 0.3 is 0 Å². The lowest BCUT2D eigenvalue weighted by atomic mass is 10.1. The molecule has 6 nitrogen and oxygen atoms in total. The lowest BCUT2D eigenvalue weighted by Crippen LogP contribution is -2.31. The Morgan fingerprint density at radius 2 is 1.62 bits per heavy atom. The van der Waals surface area contributed by atoms with E-state index in [1.54, 1.807) is 36.9 Å². The summed E-state index contributed by atoms with van der Waals surface area (Å²) >= 11 is 7.71. The van der Waals surface area contributed by atoms with E-state index < -0.39 is 10.0 Å². The maximum Gasteiger partial charge on any atom is 0.260 e. The van der Waals surface area contributed by atoms with E-state index in [-0.39, 0.29) is 10.8 Å². The summed E-state index contributed by atoms with van der Waals surface area (Å²) in [4.78, 5) is 20.0. The number of hydrogen-bond acceptors (Lipinski definition) is 5. The molecule has 0 atom stereocenters. The predicted octanol–water partition coefficient (Wildman–Crippen LogP) is 5.83. The zero-order chi connectivity index (χ0) is 24.3. The van der Waals surface area contributed by atoms with Crippen LogP contribution in [0.3, 0.4) is 0 Å². The number of anilines is 1. The van der Waals surface area contributed by atoms with Gasteiger partial charge in [-0.1, -0.05) is 73.2 Å². The van der Waals surface area contributed by atoms with Gasteiger partial charge in [0, 0.05) is 18.7 Å². The zero-order valence-corrected chi connectivity index (χ0v) is 21.2. The van der Waals surface area contributed by atoms with Crippen molar-refractivity contribution in [3.63, 3.8) is 0 Å². The number of para-hydroxylation sites is 1. The smallest absolute Gasteiger partial charge is 0.260 e. The fourth-order valence-electron chi connectivity index (χ4n) is 3.65. The molecular formula is C25H24ClN3O3S2. The number of nitrogens with zero attached hydrogens (tertiary/aromatic N) is 3. The van der Waals surface area contributed by atoms with Crippen LogP contribution in [0, 0.1) is 0 Å². The van der Waals surface area contributed by atoms with Crippen LogP contribution >= 0.6 is 22.9 Å². The average molecular weight is 514 g/mol. The van der Waals surface area contributed by atoms with Crippen molar-refractivity contribution in [2.24, 2.45) is 0 Å². The third-order valence-electron chi connectivity index (χ3n) is 5.46. The van der Waals surface area contributed by atoms with Crippen molar-refractivity contribution in [1.82, 2.24) is 9.29 Å². The first-order chi connectivity index (χ1) is 16.3. The maximum absolute atomic E-state index is 13.6. The fraction of sp³-hybridized carbons (Fsp3) is 0.200. The molecule has 1 aromatic heterocycles. The first kappa shape index (κ1) is 24.3. The summed E-state index contributed by atoms with van der Waals surface area (Å²) < 4.78 is 27.9. The molecule has 0 spiro atoms. The minimum atomic E-state index is -3.60. The topological polar surface area (TPSA) is 70.6 Å². The number of hydrogen-bond donors (Lipinski definition) is 0. The first-order valence-electron chi connectivity index (χ1n) is 10.9. The maximum atomic E-state index is 13.6. The highest BCUT2D eigenvalue weighted by atomic mass is 35.5. The van der Waals surface area contributed by atoms with Crippen LogP contribution in [0.15, 0.2) is 77.7 Å². The molecule has 176 valence electrons. The normalized spacial score (nSPS) is 11.8. The van der Waals surface area contributed by atoms with Gasteiger partial charge in [-0.25, -0.2) is 13.4 Å². The summed E-state index contributed by atoms with van der Waals surface area (Å²) in [6, 6.07) is 21.3. The molecule has 4 aromatic rings. The van der Waals surface area contributed by atoms with Gasteiger partial charge < -0.3 is 0 Å². The molecular weight excluding hydrogens is 490 g/mol. The Balaban J connectivity index is 1.71. The van der Waals surface area contributed by atoms with Crippen LogP contribution < -0.4 is 4.90 Å². The second kappa shape index (κ2) is 10.2. The van der Waals surface area contributed by atoms with Crippen LogP contribution in [-0.4, -0.2) is 36.7 Å². The summed E-state index contributed by atoms with van der Waals surface area (Å²) in [6.07, 6.45) is 0. The number of carbonyl (C=O) groups is 1. The van der Waals surface area contributed by atoms with Gasteiger partial charge in [0.1, 0.15) is 5.52 Å². The molecule has 1 amide bonds. The van der Waals surface area contributed by atoms with E-state index in [0.717, 1.165) is 10.3 Å². The molecule has 1 heterocycles. The number of fused-ring (bicyclic) bond motifs is 1. The van der Waals surface area contributed by atoms with Gasteiger partial charge in [-0.3, -0.25) is 9.69 Å². The molecule has 34 heavy (non-hydrogen) atoms. The molecule has 0 saturated heterocycles. The van der Waals surface area contributed by atoms with E-state index in [2.05, 4.69) is 4.98 Å². The van der Waals surface area contributed by atoms with Crippen LogP contribution in [0.2, 0.25) is 5.02 Å². The standard InChI is InChI=1S/C25H24ClN3O3S2/c1-3-28(4-2)34(31,32)20-15-13-19(14-16-20)24(30)29(17-18-9-6-5-7-10-18)25-27-23-21(26)11-8-12-22(23)33-25/h5-16H,3-4,17H2,1-2H3. The summed E-state index contributed by atoms with van der Waals surface area (Å²) in [7, 11) is -3.60. The highest BCUT2D eigenvalue weighted by Gasteiger charge is 2.25. The molecule has 0 aliphatic heterocycles. The summed E-state index contributed by atoms with van der Waals surface area (Å²) in [6.45, 7) is 4.67. The van der Waals surface area contributed by atoms with Crippen molar-refractivity contribution in [1.29, 1.82) is 0 Å². The third-order valence-corrected chi connectivity index (χ3v) is 8.88. The van der Waals surface area contributed by atoms with Crippen LogP contribution in [0.5, 0.6) is 0 Å². The second-order valence-corrected chi connectivity index (χ2v) is 10.9. The Morgan fingerprint density at radius 1 is 0.941 bits per heavy atom. The fourth-order valence-corrected chi connectivity index (χ4v) is 6.37. The number of rotatable bonds is 8. The SMILES string of the molecule is CCN(CC)S(=O)(=O)c1ccc(C(=O)N(Cc2ccccc2)c2nc3c(Cl)cccc3s2)cc1. The number of thiazole rings is 1. The largest absolute Gasteiger partial charge is 0.279 e. The summed E-state index contributed by atoms with van der Waals surface area (Å²) in [5, 5.41) is 1.05. The molecule has 0 aliphatic carbocycles. The van der Waals surface area contributed by atoms with Crippen LogP contribution in [0.4, 0.5) is 5.13 Å². The lowest BCUT2D eigenvalue weighted by molar-refractivity contribution is 0.0985. The summed E-state index contributed by atoms with van der Waals surface area (Å²) in [5.41, 5.74) is 1.97. The lowest BCUT2D eigenvalue weighted by Gasteiger charge is -2.21. The molecule has 0 N–H and O–H groups in total. The average Bonchev–Trinajstić information content (AvgIpc) is 3.29. The minimum absolute atomic E-state index is 0.161. The van der Waals surface area contributed by atoms with Crippen molar-refractivity contribution in [2.45, 2.75) is 25.3 Å². The van der Waals surface area contributed by atoms with Crippen molar-refractivity contribution in [2.75, 3.05) is 18.0 Å². The van der Waals surface area contributed by atoms with Crippen LogP contribution in [0.1, 0.15) is 29.8 Å². The van der Waals surface area contributed by atoms with Gasteiger partial charge in [0.25, 0.3) is 5.91 Å². The molecule has 0 bridgehead atoms. The van der Waals surface area contributed by atoms with Gasteiger partial charge in [0.2, 0.25) is 10.0 Å². The quantitative estimate of drug-likeness (QED) is 0.297.